The molecule has 0 aromatic heterocycles. The van der Waals surface area contributed by atoms with E-state index in [1.807, 2.05) is 0 Å². The van der Waals surface area contributed by atoms with E-state index >= 15 is 0 Å². The number of carbonyl (C=O) groups is 1. The van der Waals surface area contributed by atoms with E-state index in [2.05, 4.69) is 32.0 Å². The molecule has 116 valence electrons. The standard InChI is InChI=1S/C18H28N2O/c1-13-6-7-15(14(2)10-13)16(19)11-18(12-17(20)21)8-4-3-5-9-18/h6-7,10,16H,3-5,8-9,11-12,19H2,1-2H3,(H2,20,21). The van der Waals surface area contributed by atoms with Gasteiger partial charge in [-0.3, -0.25) is 4.79 Å². The van der Waals surface area contributed by atoms with Gasteiger partial charge in [-0.25, -0.2) is 0 Å². The molecule has 2 rings (SSSR count). The molecule has 0 saturated heterocycles. The van der Waals surface area contributed by atoms with Crippen LogP contribution in [0, 0.1) is 19.3 Å². The van der Waals surface area contributed by atoms with Crippen LogP contribution in [0.5, 0.6) is 0 Å². The van der Waals surface area contributed by atoms with Gasteiger partial charge in [0.05, 0.1) is 0 Å². The highest BCUT2D eigenvalue weighted by Gasteiger charge is 2.35. The molecular weight excluding hydrogens is 260 g/mol. The Morgan fingerprint density at radius 3 is 2.48 bits per heavy atom. The topological polar surface area (TPSA) is 69.1 Å². The molecule has 1 fully saturated rings. The minimum atomic E-state index is -0.190. The van der Waals surface area contributed by atoms with Gasteiger partial charge in [0.2, 0.25) is 5.91 Å². The number of benzene rings is 1. The fourth-order valence-corrected chi connectivity index (χ4v) is 3.94. The first-order valence-corrected chi connectivity index (χ1v) is 8.03. The molecule has 0 heterocycles. The molecule has 1 aromatic rings. The van der Waals surface area contributed by atoms with Gasteiger partial charge in [-0.15, -0.1) is 0 Å². The number of hydrogen-bond donors (Lipinski definition) is 2. The fourth-order valence-electron chi connectivity index (χ4n) is 3.94. The largest absolute Gasteiger partial charge is 0.370 e. The number of rotatable bonds is 5. The monoisotopic (exact) mass is 288 g/mol. The second kappa shape index (κ2) is 6.61. The van der Waals surface area contributed by atoms with Gasteiger partial charge in [0.15, 0.2) is 0 Å². The van der Waals surface area contributed by atoms with Crippen LogP contribution in [0.3, 0.4) is 0 Å². The molecule has 4 N–H and O–H groups in total. The maximum absolute atomic E-state index is 11.5. The van der Waals surface area contributed by atoms with Crippen LogP contribution in [-0.4, -0.2) is 5.91 Å². The lowest BCUT2D eigenvalue weighted by atomic mass is 9.67. The third-order valence-electron chi connectivity index (χ3n) is 4.94. The zero-order chi connectivity index (χ0) is 15.5. The highest BCUT2D eigenvalue weighted by molar-refractivity contribution is 5.74. The molecule has 3 heteroatoms. The number of hydrogen-bond acceptors (Lipinski definition) is 2. The van der Waals surface area contributed by atoms with Crippen molar-refractivity contribution >= 4 is 5.91 Å². The second-order valence-electron chi connectivity index (χ2n) is 6.87. The van der Waals surface area contributed by atoms with Crippen molar-refractivity contribution in [2.75, 3.05) is 0 Å². The lowest BCUT2D eigenvalue weighted by molar-refractivity contribution is -0.121. The summed E-state index contributed by atoms with van der Waals surface area (Å²) in [5.41, 5.74) is 15.7. The van der Waals surface area contributed by atoms with E-state index in [0.717, 1.165) is 19.3 Å². The quantitative estimate of drug-likeness (QED) is 0.870. The molecule has 1 aliphatic carbocycles. The van der Waals surface area contributed by atoms with Crippen LogP contribution in [0.4, 0.5) is 0 Å². The molecule has 1 saturated carbocycles. The van der Waals surface area contributed by atoms with E-state index in [9.17, 15) is 4.79 Å². The van der Waals surface area contributed by atoms with Crippen molar-refractivity contribution in [2.24, 2.45) is 16.9 Å². The lowest BCUT2D eigenvalue weighted by Gasteiger charge is -2.38. The van der Waals surface area contributed by atoms with Gasteiger partial charge in [-0.1, -0.05) is 43.0 Å². The molecule has 1 unspecified atom stereocenters. The third-order valence-corrected chi connectivity index (χ3v) is 4.94. The van der Waals surface area contributed by atoms with Crippen LogP contribution in [0.25, 0.3) is 0 Å². The van der Waals surface area contributed by atoms with Crippen LogP contribution >= 0.6 is 0 Å². The van der Waals surface area contributed by atoms with Crippen molar-refractivity contribution in [1.82, 2.24) is 0 Å². The summed E-state index contributed by atoms with van der Waals surface area (Å²) in [5.74, 6) is -0.190. The highest BCUT2D eigenvalue weighted by Crippen LogP contribution is 2.45. The van der Waals surface area contributed by atoms with Crippen LogP contribution in [0.1, 0.15) is 67.7 Å². The van der Waals surface area contributed by atoms with Crippen molar-refractivity contribution < 1.29 is 4.79 Å². The molecule has 0 radical (unpaired) electrons. The first-order chi connectivity index (χ1) is 9.92. The summed E-state index contributed by atoms with van der Waals surface area (Å²) in [5, 5.41) is 0. The fraction of sp³-hybridized carbons (Fsp3) is 0.611. The summed E-state index contributed by atoms with van der Waals surface area (Å²) in [6.45, 7) is 4.21. The molecule has 1 aliphatic rings. The summed E-state index contributed by atoms with van der Waals surface area (Å²) >= 11 is 0. The van der Waals surface area contributed by atoms with E-state index in [-0.39, 0.29) is 17.4 Å². The molecular formula is C18H28N2O. The van der Waals surface area contributed by atoms with E-state index in [1.165, 1.54) is 36.0 Å². The maximum Gasteiger partial charge on any atom is 0.217 e. The van der Waals surface area contributed by atoms with Gasteiger partial charge in [0, 0.05) is 12.5 Å². The summed E-state index contributed by atoms with van der Waals surface area (Å²) < 4.78 is 0. The number of primary amides is 1. The van der Waals surface area contributed by atoms with Crippen molar-refractivity contribution in [3.05, 3.63) is 34.9 Å². The number of amides is 1. The zero-order valence-electron chi connectivity index (χ0n) is 13.3. The first kappa shape index (κ1) is 16.0. The zero-order valence-corrected chi connectivity index (χ0v) is 13.3. The Morgan fingerprint density at radius 1 is 1.24 bits per heavy atom. The molecule has 0 bridgehead atoms. The van der Waals surface area contributed by atoms with Crippen molar-refractivity contribution in [1.29, 1.82) is 0 Å². The minimum Gasteiger partial charge on any atom is -0.370 e. The van der Waals surface area contributed by atoms with Crippen molar-refractivity contribution in [3.63, 3.8) is 0 Å². The highest BCUT2D eigenvalue weighted by atomic mass is 16.1. The van der Waals surface area contributed by atoms with E-state index in [1.54, 1.807) is 0 Å². The van der Waals surface area contributed by atoms with Crippen LogP contribution < -0.4 is 11.5 Å². The Kier molecular flexibility index (Phi) is 5.04. The normalized spacial score (nSPS) is 19.2. The molecule has 1 aromatic carbocycles. The predicted octanol–water partition coefficient (Wildman–Crippen LogP) is 3.52. The van der Waals surface area contributed by atoms with Crippen LogP contribution in [-0.2, 0) is 4.79 Å². The van der Waals surface area contributed by atoms with E-state index in [0.29, 0.717) is 6.42 Å². The number of aryl methyl sites for hydroxylation is 2. The smallest absolute Gasteiger partial charge is 0.217 e. The van der Waals surface area contributed by atoms with Crippen LogP contribution in [0.15, 0.2) is 18.2 Å². The Bertz CT molecular complexity index is 504. The predicted molar refractivity (Wildman–Crippen MR) is 86.8 cm³/mol. The van der Waals surface area contributed by atoms with Gasteiger partial charge < -0.3 is 11.5 Å². The first-order valence-electron chi connectivity index (χ1n) is 8.03. The van der Waals surface area contributed by atoms with E-state index in [4.69, 9.17) is 11.5 Å². The van der Waals surface area contributed by atoms with Crippen molar-refractivity contribution in [2.45, 2.75) is 64.8 Å². The van der Waals surface area contributed by atoms with Gasteiger partial charge in [-0.05, 0) is 49.7 Å². The summed E-state index contributed by atoms with van der Waals surface area (Å²) in [6, 6.07) is 6.42. The number of nitrogens with two attached hydrogens (primary N) is 2. The summed E-state index contributed by atoms with van der Waals surface area (Å²) in [4.78, 5) is 11.5. The Hall–Kier alpha value is -1.35. The van der Waals surface area contributed by atoms with Gasteiger partial charge in [0.25, 0.3) is 0 Å². The lowest BCUT2D eigenvalue weighted by Crippen LogP contribution is -2.33. The maximum atomic E-state index is 11.5. The second-order valence-corrected chi connectivity index (χ2v) is 6.87. The molecule has 21 heavy (non-hydrogen) atoms. The van der Waals surface area contributed by atoms with Crippen molar-refractivity contribution in [3.8, 4) is 0 Å². The van der Waals surface area contributed by atoms with Gasteiger partial charge in [-0.2, -0.15) is 0 Å². The number of carbonyl (C=O) groups excluding carboxylic acids is 1. The molecule has 1 amide bonds. The molecule has 1 atom stereocenters. The SMILES string of the molecule is Cc1ccc(C(N)CC2(CC(N)=O)CCCCC2)c(C)c1. The average molecular weight is 288 g/mol. The molecule has 3 nitrogen and oxygen atoms in total. The van der Waals surface area contributed by atoms with Gasteiger partial charge >= 0.3 is 0 Å². The molecule has 0 spiro atoms. The summed E-state index contributed by atoms with van der Waals surface area (Å²) in [7, 11) is 0. The Morgan fingerprint density at radius 2 is 1.90 bits per heavy atom. The van der Waals surface area contributed by atoms with E-state index < -0.39 is 0 Å². The minimum absolute atomic E-state index is 0.0111. The van der Waals surface area contributed by atoms with Gasteiger partial charge in [0.1, 0.15) is 0 Å². The summed E-state index contributed by atoms with van der Waals surface area (Å²) in [6.07, 6.45) is 7.13. The Balaban J connectivity index is 2.17. The molecule has 0 aliphatic heterocycles. The Labute approximate surface area is 128 Å². The average Bonchev–Trinajstić information content (AvgIpc) is 2.38. The van der Waals surface area contributed by atoms with Crippen LogP contribution in [0.2, 0.25) is 0 Å². The third kappa shape index (κ3) is 4.07.